The van der Waals surface area contributed by atoms with Crippen LogP contribution in [0, 0.1) is 0 Å². The third-order valence-electron chi connectivity index (χ3n) is 5.41. The third kappa shape index (κ3) is 4.31. The minimum atomic E-state index is -2.98. The van der Waals surface area contributed by atoms with E-state index in [4.69, 9.17) is 0 Å². The van der Waals surface area contributed by atoms with Gasteiger partial charge >= 0.3 is 0 Å². The minimum Gasteiger partial charge on any atom is -0.297 e. The molecule has 0 fully saturated rings. The van der Waals surface area contributed by atoms with Gasteiger partial charge in [-0.05, 0) is 47.4 Å². The van der Waals surface area contributed by atoms with E-state index in [-0.39, 0.29) is 6.04 Å². The Morgan fingerprint density at radius 1 is 0.633 bits per heavy atom. The first-order valence-electron chi connectivity index (χ1n) is 10.3. The van der Waals surface area contributed by atoms with Gasteiger partial charge in [0, 0.05) is 16.7 Å². The molecule has 150 valence electrons. The normalized spacial score (nSPS) is 12.4. The van der Waals surface area contributed by atoms with Gasteiger partial charge in [-0.3, -0.25) is 9.65 Å². The Hall–Kier alpha value is -2.93. The maximum atomic E-state index is 14.3. The first-order valence-corrected chi connectivity index (χ1v) is 12.1. The van der Waals surface area contributed by atoms with E-state index in [0.29, 0.717) is 0 Å². The van der Waals surface area contributed by atoms with Crippen LogP contribution in [0.1, 0.15) is 24.9 Å². The molecule has 0 amide bonds. The van der Waals surface area contributed by atoms with Crippen LogP contribution in [0.25, 0.3) is 11.1 Å². The quantitative estimate of drug-likeness (QED) is 0.360. The average Bonchev–Trinajstić information content (AvgIpc) is 2.84. The molecule has 0 radical (unpaired) electrons. The van der Waals surface area contributed by atoms with Gasteiger partial charge in [0.05, 0.1) is 0 Å². The Morgan fingerprint density at radius 2 is 1.07 bits per heavy atom. The number of nitrogens with one attached hydrogen (secondary N) is 1. The molecule has 1 N–H and O–H groups in total. The van der Waals surface area contributed by atoms with Crippen molar-refractivity contribution in [3.8, 4) is 11.1 Å². The van der Waals surface area contributed by atoms with E-state index in [1.165, 1.54) is 11.1 Å². The molecule has 0 aromatic heterocycles. The van der Waals surface area contributed by atoms with Crippen molar-refractivity contribution < 1.29 is 4.57 Å². The molecule has 30 heavy (non-hydrogen) atoms. The highest BCUT2D eigenvalue weighted by atomic mass is 31.2. The van der Waals surface area contributed by atoms with Crippen LogP contribution in [0.2, 0.25) is 0 Å². The molecule has 0 aliphatic rings. The first kappa shape index (κ1) is 20.3. The van der Waals surface area contributed by atoms with Gasteiger partial charge < -0.3 is 0 Å². The summed E-state index contributed by atoms with van der Waals surface area (Å²) in [6, 6.07) is 38.4. The summed E-state index contributed by atoms with van der Waals surface area (Å²) >= 11 is 0. The van der Waals surface area contributed by atoms with Crippen molar-refractivity contribution in [2.24, 2.45) is 0 Å². The predicted octanol–water partition coefficient (Wildman–Crippen LogP) is 6.32. The SMILES string of the molecule is CC[C@H](NP(=O)(c1ccccc1)c1ccccc1)c1ccc(-c2ccccc2)cc1. The number of benzene rings is 4. The Morgan fingerprint density at radius 3 is 1.53 bits per heavy atom. The van der Waals surface area contributed by atoms with Crippen LogP contribution in [-0.2, 0) is 4.57 Å². The van der Waals surface area contributed by atoms with Crippen LogP contribution in [0.15, 0.2) is 115 Å². The molecule has 0 aliphatic heterocycles. The first-order chi connectivity index (χ1) is 14.7. The lowest BCUT2D eigenvalue weighted by Gasteiger charge is -2.27. The van der Waals surface area contributed by atoms with Gasteiger partial charge in [-0.25, -0.2) is 0 Å². The number of hydrogen-bond donors (Lipinski definition) is 1. The van der Waals surface area contributed by atoms with E-state index < -0.39 is 7.29 Å². The molecule has 3 heteroatoms. The molecular weight excluding hydrogens is 385 g/mol. The van der Waals surface area contributed by atoms with Gasteiger partial charge in [0.1, 0.15) is 0 Å². The van der Waals surface area contributed by atoms with Crippen molar-refractivity contribution in [2.45, 2.75) is 19.4 Å². The van der Waals surface area contributed by atoms with Gasteiger partial charge in [0.2, 0.25) is 7.29 Å². The van der Waals surface area contributed by atoms with Crippen LogP contribution in [-0.4, -0.2) is 0 Å². The molecular formula is C27H26NOP. The standard InChI is InChI=1S/C27H26NOP/c1-2-27(24-20-18-23(19-21-24)22-12-6-3-7-13-22)28-30(29,25-14-8-4-9-15-25)26-16-10-5-11-17-26/h3-21,27H,2H2,1H3,(H,28,29)/t27-/m0/s1. The highest BCUT2D eigenvalue weighted by molar-refractivity contribution is 7.76. The van der Waals surface area contributed by atoms with Gasteiger partial charge in [-0.15, -0.1) is 0 Å². The zero-order valence-electron chi connectivity index (χ0n) is 17.1. The molecule has 0 heterocycles. The molecule has 0 aliphatic carbocycles. The summed E-state index contributed by atoms with van der Waals surface area (Å²) < 4.78 is 14.3. The largest absolute Gasteiger partial charge is 0.297 e. The molecule has 0 bridgehead atoms. The predicted molar refractivity (Wildman–Crippen MR) is 128 cm³/mol. The van der Waals surface area contributed by atoms with E-state index in [1.54, 1.807) is 0 Å². The smallest absolute Gasteiger partial charge is 0.205 e. The lowest BCUT2D eigenvalue weighted by molar-refractivity contribution is 0.555. The fourth-order valence-corrected chi connectivity index (χ4v) is 6.28. The molecule has 0 saturated carbocycles. The summed E-state index contributed by atoms with van der Waals surface area (Å²) in [5.74, 6) is 0. The zero-order chi connectivity index (χ0) is 20.8. The van der Waals surface area contributed by atoms with E-state index in [9.17, 15) is 4.57 Å². The molecule has 0 spiro atoms. The van der Waals surface area contributed by atoms with E-state index in [1.807, 2.05) is 66.7 Å². The Balaban J connectivity index is 1.67. The maximum Gasteiger partial charge on any atom is 0.205 e. The Kier molecular flexibility index (Phi) is 6.28. The van der Waals surface area contributed by atoms with Crippen molar-refractivity contribution in [3.05, 3.63) is 121 Å². The summed E-state index contributed by atoms with van der Waals surface area (Å²) in [4.78, 5) is 0. The van der Waals surface area contributed by atoms with Crippen LogP contribution in [0.3, 0.4) is 0 Å². The zero-order valence-corrected chi connectivity index (χ0v) is 18.0. The van der Waals surface area contributed by atoms with E-state index in [0.717, 1.165) is 22.6 Å². The molecule has 4 aromatic carbocycles. The second-order valence-electron chi connectivity index (χ2n) is 7.36. The van der Waals surface area contributed by atoms with E-state index >= 15 is 0 Å². The molecule has 1 atom stereocenters. The topological polar surface area (TPSA) is 29.1 Å². The Labute approximate surface area is 179 Å². The van der Waals surface area contributed by atoms with Gasteiger partial charge in [-0.2, -0.15) is 0 Å². The second kappa shape index (κ2) is 9.26. The fraction of sp³-hybridized carbons (Fsp3) is 0.111. The Bertz CT molecular complexity index is 1070. The lowest BCUT2D eigenvalue weighted by atomic mass is 10.0. The minimum absolute atomic E-state index is 0.0129. The molecule has 4 rings (SSSR count). The summed E-state index contributed by atoms with van der Waals surface area (Å²) in [6.45, 7) is 2.13. The molecule has 0 saturated heterocycles. The molecule has 2 nitrogen and oxygen atoms in total. The van der Waals surface area contributed by atoms with Crippen molar-refractivity contribution in [2.75, 3.05) is 0 Å². The third-order valence-corrected chi connectivity index (χ3v) is 8.13. The number of hydrogen-bond acceptors (Lipinski definition) is 1. The average molecular weight is 411 g/mol. The maximum absolute atomic E-state index is 14.3. The van der Waals surface area contributed by atoms with Crippen LogP contribution < -0.4 is 15.7 Å². The highest BCUT2D eigenvalue weighted by Crippen LogP contribution is 2.42. The van der Waals surface area contributed by atoms with Crippen LogP contribution in [0.4, 0.5) is 0 Å². The number of rotatable bonds is 7. The van der Waals surface area contributed by atoms with Crippen LogP contribution in [0.5, 0.6) is 0 Å². The van der Waals surface area contributed by atoms with Gasteiger partial charge in [0.25, 0.3) is 0 Å². The van der Waals surface area contributed by atoms with Crippen molar-refractivity contribution in [3.63, 3.8) is 0 Å². The van der Waals surface area contributed by atoms with Crippen molar-refractivity contribution >= 4 is 17.9 Å². The lowest BCUT2D eigenvalue weighted by Crippen LogP contribution is -2.30. The second-order valence-corrected chi connectivity index (χ2v) is 9.87. The van der Waals surface area contributed by atoms with Gasteiger partial charge in [0.15, 0.2) is 0 Å². The van der Waals surface area contributed by atoms with Crippen LogP contribution >= 0.6 is 7.29 Å². The summed E-state index contributed by atoms with van der Waals surface area (Å²) in [5, 5.41) is 5.20. The van der Waals surface area contributed by atoms with Crippen molar-refractivity contribution in [1.29, 1.82) is 0 Å². The summed E-state index contributed by atoms with van der Waals surface area (Å²) in [6.07, 6.45) is 0.842. The fourth-order valence-electron chi connectivity index (χ4n) is 3.73. The summed E-state index contributed by atoms with van der Waals surface area (Å²) in [5.41, 5.74) is 3.53. The molecule has 0 unspecified atom stereocenters. The van der Waals surface area contributed by atoms with Crippen molar-refractivity contribution in [1.82, 2.24) is 5.09 Å². The van der Waals surface area contributed by atoms with Gasteiger partial charge in [-0.1, -0.05) is 97.9 Å². The van der Waals surface area contributed by atoms with E-state index in [2.05, 4.69) is 60.5 Å². The highest BCUT2D eigenvalue weighted by Gasteiger charge is 2.30. The summed E-state index contributed by atoms with van der Waals surface area (Å²) in [7, 11) is -2.98. The monoisotopic (exact) mass is 411 g/mol. The molecule has 4 aromatic rings.